The molecule has 1 heterocycles. The van der Waals surface area contributed by atoms with Crippen LogP contribution in [0.1, 0.15) is 43.9 Å². The Morgan fingerprint density at radius 1 is 1.32 bits per heavy atom. The first-order valence-electron chi connectivity index (χ1n) is 6.77. The van der Waals surface area contributed by atoms with Gasteiger partial charge in [-0.15, -0.1) is 0 Å². The Hall–Kier alpha value is -1.29. The minimum absolute atomic E-state index is 0.323. The zero-order chi connectivity index (χ0) is 14.3. The molecule has 0 spiro atoms. The van der Waals surface area contributed by atoms with Crippen LogP contribution in [0, 0.1) is 16.7 Å². The maximum absolute atomic E-state index is 11.3. The summed E-state index contributed by atoms with van der Waals surface area (Å²) >= 11 is 0. The second-order valence-electron chi connectivity index (χ2n) is 6.52. The Morgan fingerprint density at radius 3 is 2.47 bits per heavy atom. The number of rotatable bonds is 5. The number of carbonyl (C=O) groups is 1. The maximum Gasteiger partial charge on any atom is 0.354 e. The molecular formula is C15H24N2O2. The van der Waals surface area contributed by atoms with E-state index in [1.165, 1.54) is 7.11 Å². The quantitative estimate of drug-likeness (QED) is 0.804. The number of aromatic nitrogens is 1. The predicted octanol–water partition coefficient (Wildman–Crippen LogP) is 2.57. The van der Waals surface area contributed by atoms with Crippen LogP contribution in [0.3, 0.4) is 0 Å². The summed E-state index contributed by atoms with van der Waals surface area (Å²) in [6, 6.07) is 3.68. The van der Waals surface area contributed by atoms with Gasteiger partial charge >= 0.3 is 5.97 Å². The molecule has 0 saturated heterocycles. The lowest BCUT2D eigenvalue weighted by atomic mass is 10.0. The van der Waals surface area contributed by atoms with E-state index in [2.05, 4.69) is 42.7 Å². The highest BCUT2D eigenvalue weighted by atomic mass is 16.5. The monoisotopic (exact) mass is 264 g/mol. The smallest absolute Gasteiger partial charge is 0.354 e. The first-order chi connectivity index (χ1) is 8.80. The van der Waals surface area contributed by atoms with Gasteiger partial charge in [-0.1, -0.05) is 27.7 Å². The number of methoxy groups -OCH3 is 1. The minimum Gasteiger partial charge on any atom is -0.464 e. The molecule has 0 aliphatic heterocycles. The van der Waals surface area contributed by atoms with Gasteiger partial charge < -0.3 is 15.0 Å². The summed E-state index contributed by atoms with van der Waals surface area (Å²) in [7, 11) is 1.39. The molecule has 0 aromatic carbocycles. The zero-order valence-corrected chi connectivity index (χ0v) is 12.5. The summed E-state index contributed by atoms with van der Waals surface area (Å²) in [6.45, 7) is 11.0. The fraction of sp³-hybridized carbons (Fsp3) is 0.667. The molecule has 1 saturated carbocycles. The van der Waals surface area contributed by atoms with E-state index in [1.807, 2.05) is 6.07 Å². The predicted molar refractivity (Wildman–Crippen MR) is 74.9 cm³/mol. The van der Waals surface area contributed by atoms with Crippen molar-refractivity contribution in [1.29, 1.82) is 0 Å². The number of H-pyrrole nitrogens is 1. The highest BCUT2D eigenvalue weighted by Gasteiger charge is 2.63. The van der Waals surface area contributed by atoms with Gasteiger partial charge in [-0.25, -0.2) is 4.79 Å². The van der Waals surface area contributed by atoms with Gasteiger partial charge in [0.25, 0.3) is 0 Å². The molecule has 0 amide bonds. The number of aromatic amines is 1. The molecular weight excluding hydrogens is 240 g/mol. The Labute approximate surface area is 114 Å². The lowest BCUT2D eigenvalue weighted by molar-refractivity contribution is 0.0594. The number of hydrogen-bond donors (Lipinski definition) is 2. The minimum atomic E-state index is -0.323. The van der Waals surface area contributed by atoms with Gasteiger partial charge in [0.1, 0.15) is 5.69 Å². The molecule has 0 radical (unpaired) electrons. The van der Waals surface area contributed by atoms with E-state index in [4.69, 9.17) is 0 Å². The zero-order valence-electron chi connectivity index (χ0n) is 12.5. The first-order valence-corrected chi connectivity index (χ1v) is 6.77. The van der Waals surface area contributed by atoms with Crippen LogP contribution in [0.15, 0.2) is 12.1 Å². The molecule has 1 aliphatic carbocycles. The van der Waals surface area contributed by atoms with E-state index in [-0.39, 0.29) is 5.97 Å². The Bertz CT molecular complexity index is 460. The molecule has 4 heteroatoms. The van der Waals surface area contributed by atoms with Crippen molar-refractivity contribution < 1.29 is 9.53 Å². The van der Waals surface area contributed by atoms with Crippen molar-refractivity contribution in [2.24, 2.45) is 16.7 Å². The third kappa shape index (κ3) is 2.41. The standard InChI is InChI=1S/C15H24N2O2/c1-14(2)12(15(14,3)4)9-16-8-10-6-7-11(17-10)13(18)19-5/h6-7,12,16-17H,8-9H2,1-5H3. The molecule has 106 valence electrons. The topological polar surface area (TPSA) is 54.1 Å². The molecule has 0 atom stereocenters. The van der Waals surface area contributed by atoms with Gasteiger partial charge in [0.15, 0.2) is 0 Å². The molecule has 4 nitrogen and oxygen atoms in total. The number of nitrogens with one attached hydrogen (secondary N) is 2. The number of esters is 1. The highest BCUT2D eigenvalue weighted by Crippen LogP contribution is 2.67. The van der Waals surface area contributed by atoms with Crippen molar-refractivity contribution in [2.75, 3.05) is 13.7 Å². The van der Waals surface area contributed by atoms with Crippen LogP contribution in [-0.4, -0.2) is 24.6 Å². The fourth-order valence-electron chi connectivity index (χ4n) is 2.97. The molecule has 19 heavy (non-hydrogen) atoms. The number of ether oxygens (including phenoxy) is 1. The molecule has 1 aliphatic rings. The highest BCUT2D eigenvalue weighted by molar-refractivity contribution is 5.87. The fourth-order valence-corrected chi connectivity index (χ4v) is 2.97. The summed E-state index contributed by atoms with van der Waals surface area (Å²) in [4.78, 5) is 14.4. The van der Waals surface area contributed by atoms with Gasteiger partial charge in [-0.05, 0) is 35.4 Å². The summed E-state index contributed by atoms with van der Waals surface area (Å²) in [6.07, 6.45) is 0. The first kappa shape index (κ1) is 14.1. The van der Waals surface area contributed by atoms with Crippen molar-refractivity contribution in [2.45, 2.75) is 34.2 Å². The SMILES string of the molecule is COC(=O)c1ccc(CNCC2C(C)(C)C2(C)C)[nH]1. The van der Waals surface area contributed by atoms with Gasteiger partial charge in [-0.3, -0.25) is 0 Å². The normalized spacial score (nSPS) is 20.3. The molecule has 0 unspecified atom stereocenters. The molecule has 0 bridgehead atoms. The van der Waals surface area contributed by atoms with E-state index in [0.717, 1.165) is 18.8 Å². The Balaban J connectivity index is 1.81. The summed E-state index contributed by atoms with van der Waals surface area (Å²) in [5.41, 5.74) is 2.34. The average Bonchev–Trinajstić information content (AvgIpc) is 2.76. The van der Waals surface area contributed by atoms with Crippen LogP contribution >= 0.6 is 0 Å². The largest absolute Gasteiger partial charge is 0.464 e. The molecule has 1 aromatic rings. The van der Waals surface area contributed by atoms with Crippen LogP contribution < -0.4 is 5.32 Å². The number of hydrogen-bond acceptors (Lipinski definition) is 3. The van der Waals surface area contributed by atoms with Crippen molar-refractivity contribution in [1.82, 2.24) is 10.3 Å². The second kappa shape index (κ2) is 4.67. The van der Waals surface area contributed by atoms with E-state index in [0.29, 0.717) is 22.4 Å². The van der Waals surface area contributed by atoms with Crippen LogP contribution in [0.4, 0.5) is 0 Å². The summed E-state index contributed by atoms with van der Waals surface area (Å²) in [5.74, 6) is 0.380. The summed E-state index contributed by atoms with van der Waals surface area (Å²) in [5, 5.41) is 3.46. The molecule has 1 fully saturated rings. The van der Waals surface area contributed by atoms with Crippen LogP contribution in [0.5, 0.6) is 0 Å². The van der Waals surface area contributed by atoms with Gasteiger partial charge in [0.05, 0.1) is 7.11 Å². The maximum atomic E-state index is 11.3. The third-order valence-electron chi connectivity index (χ3n) is 5.14. The average molecular weight is 264 g/mol. The molecule has 2 N–H and O–H groups in total. The van der Waals surface area contributed by atoms with Crippen LogP contribution in [0.25, 0.3) is 0 Å². The van der Waals surface area contributed by atoms with E-state index in [1.54, 1.807) is 6.07 Å². The summed E-state index contributed by atoms with van der Waals surface area (Å²) < 4.78 is 4.67. The lowest BCUT2D eigenvalue weighted by Gasteiger charge is -2.04. The van der Waals surface area contributed by atoms with Gasteiger partial charge in [-0.2, -0.15) is 0 Å². The molecule has 1 aromatic heterocycles. The number of carbonyl (C=O) groups excluding carboxylic acids is 1. The molecule has 2 rings (SSSR count). The second-order valence-corrected chi connectivity index (χ2v) is 6.52. The Kier molecular flexibility index (Phi) is 3.47. The van der Waals surface area contributed by atoms with Gasteiger partial charge in [0.2, 0.25) is 0 Å². The van der Waals surface area contributed by atoms with Crippen LogP contribution in [-0.2, 0) is 11.3 Å². The van der Waals surface area contributed by atoms with Crippen molar-refractivity contribution in [3.05, 3.63) is 23.5 Å². The lowest BCUT2D eigenvalue weighted by Crippen LogP contribution is -2.19. The van der Waals surface area contributed by atoms with Crippen molar-refractivity contribution in [3.63, 3.8) is 0 Å². The van der Waals surface area contributed by atoms with Gasteiger partial charge in [0, 0.05) is 12.2 Å². The van der Waals surface area contributed by atoms with Crippen molar-refractivity contribution in [3.8, 4) is 0 Å². The third-order valence-corrected chi connectivity index (χ3v) is 5.14. The van der Waals surface area contributed by atoms with Crippen molar-refractivity contribution >= 4 is 5.97 Å². The van der Waals surface area contributed by atoms with E-state index in [9.17, 15) is 4.79 Å². The van der Waals surface area contributed by atoms with E-state index >= 15 is 0 Å². The van der Waals surface area contributed by atoms with E-state index < -0.39 is 0 Å². The Morgan fingerprint density at radius 2 is 1.95 bits per heavy atom. The van der Waals surface area contributed by atoms with Crippen LogP contribution in [0.2, 0.25) is 0 Å².